The van der Waals surface area contributed by atoms with Crippen molar-refractivity contribution >= 4 is 0 Å². The number of hydrogen-bond acceptors (Lipinski definition) is 4. The van der Waals surface area contributed by atoms with E-state index in [9.17, 15) is 10.2 Å². The standard InChI is InChI=1S/C11H13NO3/c1-2-3-7(6-12)8-4-9(13)11(15)10(14)5-8/h4-5,7,13-15H,2-3H2,1H3. The minimum Gasteiger partial charge on any atom is -0.504 e. The third kappa shape index (κ3) is 2.32. The monoisotopic (exact) mass is 207 g/mol. The minimum absolute atomic E-state index is 0.368. The molecule has 0 fully saturated rings. The number of aromatic hydroxyl groups is 3. The molecule has 3 N–H and O–H groups in total. The molecule has 0 radical (unpaired) electrons. The van der Waals surface area contributed by atoms with Crippen molar-refractivity contribution in [2.45, 2.75) is 25.7 Å². The van der Waals surface area contributed by atoms with E-state index in [1.54, 1.807) is 0 Å². The number of benzene rings is 1. The molecule has 4 nitrogen and oxygen atoms in total. The quantitative estimate of drug-likeness (QED) is 0.663. The number of hydrogen-bond donors (Lipinski definition) is 3. The summed E-state index contributed by atoms with van der Waals surface area (Å²) in [6, 6.07) is 4.70. The lowest BCUT2D eigenvalue weighted by Crippen LogP contribution is -1.94. The first kappa shape index (κ1) is 11.2. The molecule has 1 atom stereocenters. The SMILES string of the molecule is CCCC(C#N)c1cc(O)c(O)c(O)c1. The third-order valence-electron chi connectivity index (χ3n) is 2.23. The van der Waals surface area contributed by atoms with Gasteiger partial charge < -0.3 is 15.3 Å². The van der Waals surface area contributed by atoms with Gasteiger partial charge in [-0.1, -0.05) is 13.3 Å². The van der Waals surface area contributed by atoms with Gasteiger partial charge in [-0.25, -0.2) is 0 Å². The fourth-order valence-electron chi connectivity index (χ4n) is 1.42. The van der Waals surface area contributed by atoms with E-state index >= 15 is 0 Å². The van der Waals surface area contributed by atoms with Crippen LogP contribution in [0.3, 0.4) is 0 Å². The van der Waals surface area contributed by atoms with E-state index in [1.165, 1.54) is 12.1 Å². The van der Waals surface area contributed by atoms with Crippen LogP contribution < -0.4 is 0 Å². The van der Waals surface area contributed by atoms with E-state index in [2.05, 4.69) is 6.07 Å². The van der Waals surface area contributed by atoms with E-state index < -0.39 is 17.2 Å². The molecule has 0 aliphatic carbocycles. The van der Waals surface area contributed by atoms with Gasteiger partial charge in [-0.15, -0.1) is 0 Å². The van der Waals surface area contributed by atoms with Gasteiger partial charge in [-0.2, -0.15) is 5.26 Å². The Morgan fingerprint density at radius 2 is 1.80 bits per heavy atom. The van der Waals surface area contributed by atoms with Gasteiger partial charge in [0.05, 0.1) is 12.0 Å². The van der Waals surface area contributed by atoms with Gasteiger partial charge in [0.25, 0.3) is 0 Å². The Morgan fingerprint density at radius 3 is 2.20 bits per heavy atom. The summed E-state index contributed by atoms with van der Waals surface area (Å²) in [7, 11) is 0. The zero-order chi connectivity index (χ0) is 11.4. The molecular weight excluding hydrogens is 194 g/mol. The first-order valence-electron chi connectivity index (χ1n) is 4.74. The van der Waals surface area contributed by atoms with Crippen LogP contribution >= 0.6 is 0 Å². The summed E-state index contributed by atoms with van der Waals surface area (Å²) < 4.78 is 0. The summed E-state index contributed by atoms with van der Waals surface area (Å²) >= 11 is 0. The highest BCUT2D eigenvalue weighted by molar-refractivity contribution is 5.52. The van der Waals surface area contributed by atoms with Gasteiger partial charge in [0.15, 0.2) is 17.2 Å². The van der Waals surface area contributed by atoms with Crippen molar-refractivity contribution < 1.29 is 15.3 Å². The Kier molecular flexibility index (Phi) is 3.40. The Bertz CT molecular complexity index is 372. The molecule has 4 heteroatoms. The topological polar surface area (TPSA) is 84.5 Å². The van der Waals surface area contributed by atoms with Crippen LogP contribution in [-0.4, -0.2) is 15.3 Å². The number of rotatable bonds is 3. The molecule has 1 aromatic carbocycles. The fourth-order valence-corrected chi connectivity index (χ4v) is 1.42. The van der Waals surface area contributed by atoms with Crippen molar-refractivity contribution in [2.24, 2.45) is 0 Å². The largest absolute Gasteiger partial charge is 0.504 e. The Morgan fingerprint density at radius 1 is 1.27 bits per heavy atom. The van der Waals surface area contributed by atoms with Crippen molar-refractivity contribution in [3.63, 3.8) is 0 Å². The molecule has 0 amide bonds. The first-order valence-corrected chi connectivity index (χ1v) is 4.74. The van der Waals surface area contributed by atoms with Gasteiger partial charge in [0.2, 0.25) is 0 Å². The Balaban J connectivity index is 3.10. The van der Waals surface area contributed by atoms with Crippen LogP contribution in [0, 0.1) is 11.3 Å². The molecule has 1 rings (SSSR count). The smallest absolute Gasteiger partial charge is 0.200 e. The summed E-state index contributed by atoms with van der Waals surface area (Å²) in [5.74, 6) is -1.72. The summed E-state index contributed by atoms with van der Waals surface area (Å²) in [6.45, 7) is 1.95. The summed E-state index contributed by atoms with van der Waals surface area (Å²) in [6.07, 6.45) is 1.49. The molecular formula is C11H13NO3. The molecule has 80 valence electrons. The zero-order valence-electron chi connectivity index (χ0n) is 8.44. The van der Waals surface area contributed by atoms with Crippen LogP contribution in [0.25, 0.3) is 0 Å². The Hall–Kier alpha value is -1.89. The van der Waals surface area contributed by atoms with Gasteiger partial charge >= 0.3 is 0 Å². The van der Waals surface area contributed by atoms with Crippen LogP contribution in [0.1, 0.15) is 31.2 Å². The zero-order valence-corrected chi connectivity index (χ0v) is 8.44. The highest BCUT2D eigenvalue weighted by Gasteiger charge is 2.14. The molecule has 0 spiro atoms. The molecule has 15 heavy (non-hydrogen) atoms. The highest BCUT2D eigenvalue weighted by Crippen LogP contribution is 2.38. The van der Waals surface area contributed by atoms with Crippen molar-refractivity contribution in [1.29, 1.82) is 5.26 Å². The highest BCUT2D eigenvalue weighted by atomic mass is 16.3. The van der Waals surface area contributed by atoms with Crippen molar-refractivity contribution in [3.8, 4) is 23.3 Å². The molecule has 0 heterocycles. The van der Waals surface area contributed by atoms with Crippen LogP contribution in [0.15, 0.2) is 12.1 Å². The summed E-state index contributed by atoms with van der Waals surface area (Å²) in [5.41, 5.74) is 0.521. The van der Waals surface area contributed by atoms with Crippen molar-refractivity contribution in [3.05, 3.63) is 17.7 Å². The second kappa shape index (κ2) is 4.56. The molecule has 0 saturated heterocycles. The maximum Gasteiger partial charge on any atom is 0.200 e. The molecule has 0 aliphatic heterocycles. The van der Waals surface area contributed by atoms with E-state index in [4.69, 9.17) is 10.4 Å². The number of nitrogens with zero attached hydrogens (tertiary/aromatic N) is 1. The second-order valence-corrected chi connectivity index (χ2v) is 3.38. The Labute approximate surface area is 88.0 Å². The summed E-state index contributed by atoms with van der Waals surface area (Å²) in [5, 5.41) is 36.6. The van der Waals surface area contributed by atoms with Crippen LogP contribution in [-0.2, 0) is 0 Å². The lowest BCUT2D eigenvalue weighted by atomic mass is 9.95. The average molecular weight is 207 g/mol. The fraction of sp³-hybridized carbons (Fsp3) is 0.364. The van der Waals surface area contributed by atoms with E-state index in [0.29, 0.717) is 12.0 Å². The van der Waals surface area contributed by atoms with E-state index in [-0.39, 0.29) is 5.92 Å². The predicted molar refractivity (Wildman–Crippen MR) is 54.7 cm³/mol. The first-order chi connectivity index (χ1) is 7.10. The lowest BCUT2D eigenvalue weighted by molar-refractivity contribution is 0.366. The molecule has 0 aliphatic rings. The molecule has 0 bridgehead atoms. The summed E-state index contributed by atoms with van der Waals surface area (Å²) in [4.78, 5) is 0. The van der Waals surface area contributed by atoms with Crippen molar-refractivity contribution in [1.82, 2.24) is 0 Å². The molecule has 1 aromatic rings. The lowest BCUT2D eigenvalue weighted by Gasteiger charge is -2.10. The average Bonchev–Trinajstić information content (AvgIpc) is 2.22. The van der Waals surface area contributed by atoms with Crippen molar-refractivity contribution in [2.75, 3.05) is 0 Å². The van der Waals surface area contributed by atoms with Crippen LogP contribution in [0.2, 0.25) is 0 Å². The maximum absolute atomic E-state index is 9.27. The maximum atomic E-state index is 9.27. The predicted octanol–water partition coefficient (Wildman–Crippen LogP) is 2.21. The van der Waals surface area contributed by atoms with Gasteiger partial charge in [0, 0.05) is 0 Å². The number of phenolic OH excluding ortho intramolecular Hbond substituents is 3. The van der Waals surface area contributed by atoms with Crippen LogP contribution in [0.5, 0.6) is 17.2 Å². The molecule has 0 aromatic heterocycles. The second-order valence-electron chi connectivity index (χ2n) is 3.38. The number of nitriles is 1. The van der Waals surface area contributed by atoms with E-state index in [0.717, 1.165) is 6.42 Å². The number of phenols is 3. The minimum atomic E-state index is -0.549. The van der Waals surface area contributed by atoms with Gasteiger partial charge in [-0.05, 0) is 24.1 Å². The van der Waals surface area contributed by atoms with Gasteiger partial charge in [-0.3, -0.25) is 0 Å². The molecule has 1 unspecified atom stereocenters. The third-order valence-corrected chi connectivity index (χ3v) is 2.23. The van der Waals surface area contributed by atoms with E-state index in [1.807, 2.05) is 6.92 Å². The normalized spacial score (nSPS) is 12.0. The molecule has 0 saturated carbocycles. The van der Waals surface area contributed by atoms with Gasteiger partial charge in [0.1, 0.15) is 0 Å². The van der Waals surface area contributed by atoms with Crippen LogP contribution in [0.4, 0.5) is 0 Å².